The van der Waals surface area contributed by atoms with E-state index in [0.717, 1.165) is 16.8 Å². The van der Waals surface area contributed by atoms with Gasteiger partial charge in [-0.1, -0.05) is 56.6 Å². The highest BCUT2D eigenvalue weighted by Gasteiger charge is 2.25. The molecule has 0 radical (unpaired) electrons. The molecule has 0 saturated heterocycles. The molecule has 7 heteroatoms. The molecule has 2 aromatic heterocycles. The van der Waals surface area contributed by atoms with Gasteiger partial charge in [0.05, 0.1) is 5.69 Å². The minimum absolute atomic E-state index is 0.0723. The maximum atomic E-state index is 11.2. The Hall–Kier alpha value is -2.34. The summed E-state index contributed by atoms with van der Waals surface area (Å²) in [6.07, 6.45) is 0. The van der Waals surface area contributed by atoms with Crippen LogP contribution >= 0.6 is 11.6 Å². The van der Waals surface area contributed by atoms with E-state index < -0.39 is 0 Å². The van der Waals surface area contributed by atoms with Crippen LogP contribution in [0.3, 0.4) is 0 Å². The first-order valence-corrected chi connectivity index (χ1v) is 8.13. The van der Waals surface area contributed by atoms with Gasteiger partial charge in [0.25, 0.3) is 0 Å². The van der Waals surface area contributed by atoms with Gasteiger partial charge < -0.3 is 10.3 Å². The molecule has 126 valence electrons. The van der Waals surface area contributed by atoms with Crippen molar-refractivity contribution in [2.24, 2.45) is 0 Å². The Morgan fingerprint density at radius 3 is 2.62 bits per heavy atom. The van der Waals surface area contributed by atoms with Crippen LogP contribution < -0.4 is 5.32 Å². The Morgan fingerprint density at radius 1 is 1.29 bits per heavy atom. The molecule has 3 rings (SSSR count). The van der Waals surface area contributed by atoms with Crippen LogP contribution in [0.25, 0.3) is 17.0 Å². The molecule has 0 spiro atoms. The minimum Gasteiger partial charge on any atom is -0.352 e. The maximum Gasteiger partial charge on any atom is 0.217 e. The third kappa shape index (κ3) is 3.01. The van der Waals surface area contributed by atoms with Crippen molar-refractivity contribution in [2.45, 2.75) is 39.7 Å². The number of hydrogen-bond donors (Lipinski definition) is 2. The Labute approximate surface area is 145 Å². The number of halogens is 1. The van der Waals surface area contributed by atoms with E-state index in [1.54, 1.807) is 0 Å². The second-order valence-electron chi connectivity index (χ2n) is 6.79. The molecular formula is C17H20ClN5O. The van der Waals surface area contributed by atoms with Crippen LogP contribution in [0.1, 0.15) is 39.0 Å². The number of carbonyl (C=O) groups is 1. The van der Waals surface area contributed by atoms with Gasteiger partial charge in [0, 0.05) is 24.4 Å². The van der Waals surface area contributed by atoms with Gasteiger partial charge in [-0.25, -0.2) is 0 Å². The fourth-order valence-corrected chi connectivity index (χ4v) is 2.97. The van der Waals surface area contributed by atoms with Crippen molar-refractivity contribution in [1.82, 2.24) is 25.1 Å². The van der Waals surface area contributed by atoms with Gasteiger partial charge in [-0.05, 0) is 5.56 Å². The van der Waals surface area contributed by atoms with E-state index in [9.17, 15) is 4.79 Å². The molecule has 3 aromatic rings. The lowest BCUT2D eigenvalue weighted by atomic mass is 9.92. The van der Waals surface area contributed by atoms with Crippen molar-refractivity contribution in [1.29, 1.82) is 0 Å². The van der Waals surface area contributed by atoms with Crippen molar-refractivity contribution >= 4 is 23.2 Å². The Bertz CT molecular complexity index is 903. The van der Waals surface area contributed by atoms with Crippen LogP contribution in [0.4, 0.5) is 0 Å². The van der Waals surface area contributed by atoms with Crippen molar-refractivity contribution in [3.8, 4) is 11.4 Å². The molecular weight excluding hydrogens is 326 g/mol. The van der Waals surface area contributed by atoms with Gasteiger partial charge in [-0.15, -0.1) is 9.73 Å². The molecule has 0 aliphatic rings. The second kappa shape index (κ2) is 5.94. The number of hydrogen-bond acceptors (Lipinski definition) is 3. The number of nitrogens with zero attached hydrogens (tertiary/aromatic N) is 3. The summed E-state index contributed by atoms with van der Waals surface area (Å²) in [5.41, 5.74) is 3.20. The summed E-state index contributed by atoms with van der Waals surface area (Å²) in [7, 11) is 0. The Balaban J connectivity index is 2.04. The lowest BCUT2D eigenvalue weighted by Gasteiger charge is -2.14. The van der Waals surface area contributed by atoms with Crippen molar-refractivity contribution < 1.29 is 4.79 Å². The highest BCUT2D eigenvalue weighted by Crippen LogP contribution is 2.32. The van der Waals surface area contributed by atoms with Crippen molar-refractivity contribution in [2.75, 3.05) is 0 Å². The summed E-state index contributed by atoms with van der Waals surface area (Å²) in [4.78, 5) is 14.4. The van der Waals surface area contributed by atoms with E-state index in [1.807, 2.05) is 24.3 Å². The monoisotopic (exact) mass is 345 g/mol. The summed E-state index contributed by atoms with van der Waals surface area (Å²) in [6, 6.07) is 7.77. The molecule has 0 bridgehead atoms. The molecule has 0 atom stereocenters. The lowest BCUT2D eigenvalue weighted by Crippen LogP contribution is -2.19. The number of carbonyl (C=O) groups excluding carboxylic acids is 1. The van der Waals surface area contributed by atoms with E-state index in [4.69, 9.17) is 11.6 Å². The van der Waals surface area contributed by atoms with E-state index in [0.29, 0.717) is 23.0 Å². The minimum atomic E-state index is -0.158. The maximum absolute atomic E-state index is 11.2. The molecule has 2 heterocycles. The summed E-state index contributed by atoms with van der Waals surface area (Å²) in [6.45, 7) is 8.12. The standard InChI is InChI=1S/C17H20ClN5O/c1-10(24)19-9-11-7-5-6-8-12(11)15-20-16-13(18)14(17(2,3)4)21-23(16)22-15/h5-8H,9H2,1-4H3,(H,19,24)(H,20,22). The first-order valence-electron chi connectivity index (χ1n) is 7.75. The summed E-state index contributed by atoms with van der Waals surface area (Å²) in [5.74, 6) is 0.595. The largest absolute Gasteiger partial charge is 0.352 e. The predicted molar refractivity (Wildman–Crippen MR) is 94.0 cm³/mol. The number of aromatic nitrogens is 4. The molecule has 0 aliphatic heterocycles. The normalized spacial score (nSPS) is 11.9. The fourth-order valence-electron chi connectivity index (χ4n) is 2.52. The molecule has 1 amide bonds. The van der Waals surface area contributed by atoms with Crippen molar-refractivity contribution in [3.05, 3.63) is 40.5 Å². The average Bonchev–Trinajstić information content (AvgIpc) is 3.05. The highest BCUT2D eigenvalue weighted by molar-refractivity contribution is 6.34. The zero-order valence-corrected chi connectivity index (χ0v) is 14.9. The van der Waals surface area contributed by atoms with Crippen LogP contribution in [0.5, 0.6) is 0 Å². The van der Waals surface area contributed by atoms with E-state index in [2.05, 4.69) is 41.3 Å². The number of nitrogens with one attached hydrogen (secondary N) is 2. The molecule has 0 unspecified atom stereocenters. The Kier molecular flexibility index (Phi) is 4.09. The first kappa shape index (κ1) is 16.5. The van der Waals surface area contributed by atoms with E-state index >= 15 is 0 Å². The first-order chi connectivity index (χ1) is 11.3. The molecule has 24 heavy (non-hydrogen) atoms. The number of rotatable bonds is 3. The summed E-state index contributed by atoms with van der Waals surface area (Å²) >= 11 is 6.47. The number of H-pyrrole nitrogens is 1. The van der Waals surface area contributed by atoms with E-state index in [1.165, 1.54) is 11.6 Å². The number of benzene rings is 1. The SMILES string of the molecule is CC(=O)NCc1ccccc1-c1nn2nc(C(C)(C)C)c(Cl)c2[nH]1. The van der Waals surface area contributed by atoms with E-state index in [-0.39, 0.29) is 11.3 Å². The smallest absolute Gasteiger partial charge is 0.217 e. The van der Waals surface area contributed by atoms with Crippen LogP contribution in [0, 0.1) is 0 Å². The average molecular weight is 346 g/mol. The van der Waals surface area contributed by atoms with Gasteiger partial charge >= 0.3 is 0 Å². The van der Waals surface area contributed by atoms with Gasteiger partial charge in [0.2, 0.25) is 5.91 Å². The molecule has 0 aliphatic carbocycles. The van der Waals surface area contributed by atoms with Gasteiger partial charge in [-0.3, -0.25) is 4.79 Å². The topological polar surface area (TPSA) is 75.1 Å². The van der Waals surface area contributed by atoms with Crippen molar-refractivity contribution in [3.63, 3.8) is 0 Å². The molecule has 2 N–H and O–H groups in total. The zero-order valence-electron chi connectivity index (χ0n) is 14.1. The lowest BCUT2D eigenvalue weighted by molar-refractivity contribution is -0.119. The number of fused-ring (bicyclic) bond motifs is 1. The molecule has 0 fully saturated rings. The van der Waals surface area contributed by atoms with Gasteiger partial charge in [0.1, 0.15) is 5.02 Å². The van der Waals surface area contributed by atoms with Crippen LogP contribution in [0.2, 0.25) is 5.02 Å². The van der Waals surface area contributed by atoms with Crippen LogP contribution in [-0.2, 0) is 16.8 Å². The predicted octanol–water partition coefficient (Wildman–Crippen LogP) is 3.31. The van der Waals surface area contributed by atoms with Gasteiger partial charge in [0.15, 0.2) is 11.5 Å². The van der Waals surface area contributed by atoms with Gasteiger partial charge in [-0.2, -0.15) is 5.10 Å². The molecule has 0 saturated carbocycles. The Morgan fingerprint density at radius 2 is 2.00 bits per heavy atom. The zero-order chi connectivity index (χ0) is 17.5. The summed E-state index contributed by atoms with van der Waals surface area (Å²) < 4.78 is 1.54. The van der Waals surface area contributed by atoms with Crippen LogP contribution in [-0.4, -0.2) is 25.7 Å². The second-order valence-corrected chi connectivity index (χ2v) is 7.17. The summed E-state index contributed by atoms with van der Waals surface area (Å²) in [5, 5.41) is 12.4. The third-order valence-corrected chi connectivity index (χ3v) is 4.11. The third-order valence-electron chi connectivity index (χ3n) is 3.75. The quantitative estimate of drug-likeness (QED) is 0.764. The number of aromatic amines is 1. The molecule has 6 nitrogen and oxygen atoms in total. The fraction of sp³-hybridized carbons (Fsp3) is 0.353. The number of amides is 1. The molecule has 1 aromatic carbocycles. The highest BCUT2D eigenvalue weighted by atomic mass is 35.5. The van der Waals surface area contributed by atoms with Crippen LogP contribution in [0.15, 0.2) is 24.3 Å².